The van der Waals surface area contributed by atoms with E-state index in [2.05, 4.69) is 20.3 Å². The number of para-hydroxylation sites is 3. The lowest BCUT2D eigenvalue weighted by Crippen LogP contribution is -2.25. The highest BCUT2D eigenvalue weighted by molar-refractivity contribution is 5.62. The third-order valence-corrected chi connectivity index (χ3v) is 4.03. The average Bonchev–Trinajstić information content (AvgIpc) is 2.69. The molecule has 3 aromatic rings. The lowest BCUT2D eigenvalue weighted by Gasteiger charge is -2.17. The molecule has 0 aliphatic carbocycles. The Morgan fingerprint density at radius 1 is 1.03 bits per heavy atom. The van der Waals surface area contributed by atoms with Crippen LogP contribution in [0.25, 0.3) is 0 Å². The van der Waals surface area contributed by atoms with E-state index in [0.717, 1.165) is 5.69 Å². The number of hydrogen-bond donors (Lipinski definition) is 2. The number of aromatic nitrogens is 3. The van der Waals surface area contributed by atoms with Crippen LogP contribution in [0.4, 0.5) is 22.0 Å². The summed E-state index contributed by atoms with van der Waals surface area (Å²) < 4.78 is 24.4. The van der Waals surface area contributed by atoms with Crippen molar-refractivity contribution in [2.24, 2.45) is 0 Å². The largest absolute Gasteiger partial charge is 0.495 e. The average molecular weight is 398 g/mol. The molecule has 0 unspecified atom stereocenters. The van der Waals surface area contributed by atoms with Gasteiger partial charge < -0.3 is 20.5 Å². The summed E-state index contributed by atoms with van der Waals surface area (Å²) in [4.78, 5) is 14.7. The molecule has 0 saturated heterocycles. The van der Waals surface area contributed by atoms with Crippen molar-refractivity contribution >= 4 is 17.6 Å². The number of anilines is 3. The molecule has 8 nitrogen and oxygen atoms in total. The number of nitrogens with two attached hydrogens (primary N) is 1. The van der Waals surface area contributed by atoms with Crippen molar-refractivity contribution in [1.82, 2.24) is 19.9 Å². The summed E-state index contributed by atoms with van der Waals surface area (Å²) in [6.07, 6.45) is 0. The van der Waals surface area contributed by atoms with E-state index < -0.39 is 0 Å². The first kappa shape index (κ1) is 20.3. The Kier molecular flexibility index (Phi) is 6.75. The number of rotatable bonds is 9. The van der Waals surface area contributed by atoms with Gasteiger partial charge in [0.25, 0.3) is 0 Å². The molecule has 0 radical (unpaired) electrons. The molecule has 2 aromatic carbocycles. The van der Waals surface area contributed by atoms with Gasteiger partial charge in [0.2, 0.25) is 11.9 Å². The monoisotopic (exact) mass is 398 g/mol. The summed E-state index contributed by atoms with van der Waals surface area (Å²) in [5, 5.41) is 3.10. The SMILES string of the molecule is COc1ccccc1Nc1nc(N)nc(CN(C)CCOc2ccccc2F)n1. The zero-order valence-electron chi connectivity index (χ0n) is 16.3. The van der Waals surface area contributed by atoms with E-state index in [9.17, 15) is 4.39 Å². The van der Waals surface area contributed by atoms with E-state index >= 15 is 0 Å². The molecule has 0 aliphatic heterocycles. The maximum absolute atomic E-state index is 13.6. The molecule has 0 fully saturated rings. The summed E-state index contributed by atoms with van der Waals surface area (Å²) >= 11 is 0. The highest BCUT2D eigenvalue weighted by atomic mass is 19.1. The Morgan fingerprint density at radius 3 is 2.52 bits per heavy atom. The van der Waals surface area contributed by atoms with Gasteiger partial charge in [0.05, 0.1) is 19.3 Å². The van der Waals surface area contributed by atoms with Crippen molar-refractivity contribution in [3.8, 4) is 11.5 Å². The molecule has 9 heteroatoms. The second-order valence-electron chi connectivity index (χ2n) is 6.28. The summed E-state index contributed by atoms with van der Waals surface area (Å²) in [6.45, 7) is 1.30. The van der Waals surface area contributed by atoms with Crippen LogP contribution in [0.3, 0.4) is 0 Å². The van der Waals surface area contributed by atoms with E-state index in [4.69, 9.17) is 15.2 Å². The number of hydrogen-bond acceptors (Lipinski definition) is 8. The number of nitrogens with one attached hydrogen (secondary N) is 1. The lowest BCUT2D eigenvalue weighted by molar-refractivity contribution is 0.224. The molecule has 3 N–H and O–H groups in total. The first-order valence-electron chi connectivity index (χ1n) is 9.01. The van der Waals surface area contributed by atoms with E-state index in [-0.39, 0.29) is 17.5 Å². The van der Waals surface area contributed by atoms with E-state index in [1.54, 1.807) is 25.3 Å². The highest BCUT2D eigenvalue weighted by Gasteiger charge is 2.10. The first-order valence-corrected chi connectivity index (χ1v) is 9.01. The number of benzene rings is 2. The number of nitrogens with zero attached hydrogens (tertiary/aromatic N) is 4. The summed E-state index contributed by atoms with van der Waals surface area (Å²) in [7, 11) is 3.48. The van der Waals surface area contributed by atoms with Crippen molar-refractivity contribution in [3.05, 3.63) is 60.2 Å². The van der Waals surface area contributed by atoms with Gasteiger partial charge in [-0.05, 0) is 31.3 Å². The second-order valence-corrected chi connectivity index (χ2v) is 6.28. The van der Waals surface area contributed by atoms with Gasteiger partial charge in [-0.15, -0.1) is 0 Å². The topological polar surface area (TPSA) is 98.4 Å². The summed E-state index contributed by atoms with van der Waals surface area (Å²) in [5.41, 5.74) is 6.55. The fourth-order valence-corrected chi connectivity index (χ4v) is 2.63. The normalized spacial score (nSPS) is 10.8. The van der Waals surface area contributed by atoms with Crippen LogP contribution in [0.2, 0.25) is 0 Å². The van der Waals surface area contributed by atoms with Crippen molar-refractivity contribution < 1.29 is 13.9 Å². The van der Waals surface area contributed by atoms with Crippen LogP contribution in [-0.4, -0.2) is 47.2 Å². The minimum absolute atomic E-state index is 0.114. The van der Waals surface area contributed by atoms with Gasteiger partial charge in [0, 0.05) is 6.54 Å². The Morgan fingerprint density at radius 2 is 1.76 bits per heavy atom. The Hall–Kier alpha value is -3.46. The van der Waals surface area contributed by atoms with Crippen molar-refractivity contribution in [2.75, 3.05) is 38.4 Å². The van der Waals surface area contributed by atoms with Gasteiger partial charge in [-0.2, -0.15) is 15.0 Å². The van der Waals surface area contributed by atoms with E-state index in [0.29, 0.717) is 37.2 Å². The Bertz CT molecular complexity index is 956. The number of likely N-dealkylation sites (N-methyl/N-ethyl adjacent to an activating group) is 1. The number of ether oxygens (including phenoxy) is 2. The van der Waals surface area contributed by atoms with Gasteiger partial charge in [-0.1, -0.05) is 24.3 Å². The Balaban J connectivity index is 1.59. The maximum Gasteiger partial charge on any atom is 0.232 e. The molecule has 0 bridgehead atoms. The van der Waals surface area contributed by atoms with Gasteiger partial charge in [-0.25, -0.2) is 4.39 Å². The molecule has 152 valence electrons. The van der Waals surface area contributed by atoms with Gasteiger partial charge in [-0.3, -0.25) is 4.90 Å². The molecule has 1 aromatic heterocycles. The summed E-state index contributed by atoms with van der Waals surface area (Å²) in [5.74, 6) is 1.45. The third kappa shape index (κ3) is 5.76. The number of halogens is 1. The van der Waals surface area contributed by atoms with Gasteiger partial charge in [0.15, 0.2) is 11.6 Å². The summed E-state index contributed by atoms with van der Waals surface area (Å²) in [6, 6.07) is 13.7. The minimum atomic E-state index is -0.382. The molecule has 1 heterocycles. The zero-order chi connectivity index (χ0) is 20.6. The van der Waals surface area contributed by atoms with Crippen molar-refractivity contribution in [2.45, 2.75) is 6.54 Å². The predicted molar refractivity (Wildman–Crippen MR) is 109 cm³/mol. The van der Waals surface area contributed by atoms with Crippen LogP contribution in [0.1, 0.15) is 5.82 Å². The fourth-order valence-electron chi connectivity index (χ4n) is 2.63. The van der Waals surface area contributed by atoms with Crippen LogP contribution in [0, 0.1) is 5.82 Å². The Labute approximate surface area is 168 Å². The second kappa shape index (κ2) is 9.65. The number of nitrogen functional groups attached to an aromatic ring is 1. The molecular formula is C20H23FN6O2. The molecule has 0 spiro atoms. The van der Waals surface area contributed by atoms with E-state index in [1.807, 2.05) is 36.2 Å². The smallest absolute Gasteiger partial charge is 0.232 e. The molecule has 0 saturated carbocycles. The molecule has 29 heavy (non-hydrogen) atoms. The molecule has 0 atom stereocenters. The minimum Gasteiger partial charge on any atom is -0.495 e. The molecule has 3 rings (SSSR count). The maximum atomic E-state index is 13.6. The van der Waals surface area contributed by atoms with Gasteiger partial charge >= 0.3 is 0 Å². The molecule has 0 aliphatic rings. The third-order valence-electron chi connectivity index (χ3n) is 4.03. The van der Waals surface area contributed by atoms with Crippen LogP contribution >= 0.6 is 0 Å². The molecular weight excluding hydrogens is 375 g/mol. The van der Waals surface area contributed by atoms with Crippen LogP contribution < -0.4 is 20.5 Å². The highest BCUT2D eigenvalue weighted by Crippen LogP contribution is 2.25. The van der Waals surface area contributed by atoms with Crippen molar-refractivity contribution in [3.63, 3.8) is 0 Å². The number of methoxy groups -OCH3 is 1. The van der Waals surface area contributed by atoms with Gasteiger partial charge in [0.1, 0.15) is 18.2 Å². The van der Waals surface area contributed by atoms with Crippen molar-refractivity contribution in [1.29, 1.82) is 0 Å². The van der Waals surface area contributed by atoms with Crippen LogP contribution in [0.15, 0.2) is 48.5 Å². The zero-order valence-corrected chi connectivity index (χ0v) is 16.3. The molecule has 0 amide bonds. The van der Waals surface area contributed by atoms with E-state index in [1.165, 1.54) is 6.07 Å². The standard InChI is InChI=1S/C20H23FN6O2/c1-27(11-12-29-16-9-5-3-7-14(16)21)13-18-24-19(22)26-20(25-18)23-15-8-4-6-10-17(15)28-2/h3-10H,11-13H2,1-2H3,(H3,22,23,24,25,26). The van der Waals surface area contributed by atoms with Crippen LogP contribution in [-0.2, 0) is 6.54 Å². The quantitative estimate of drug-likeness (QED) is 0.568. The fraction of sp³-hybridized carbons (Fsp3) is 0.250. The lowest BCUT2D eigenvalue weighted by atomic mass is 10.3. The first-order chi connectivity index (χ1) is 14.0. The van der Waals surface area contributed by atoms with Crippen LogP contribution in [0.5, 0.6) is 11.5 Å². The predicted octanol–water partition coefficient (Wildman–Crippen LogP) is 2.86.